The van der Waals surface area contributed by atoms with Gasteiger partial charge in [0.1, 0.15) is 10.7 Å². The van der Waals surface area contributed by atoms with Crippen LogP contribution >= 0.6 is 36.2 Å². The van der Waals surface area contributed by atoms with Gasteiger partial charge < -0.3 is 11.1 Å². The van der Waals surface area contributed by atoms with Crippen LogP contribution in [0.4, 0.5) is 4.39 Å². The number of benzene rings is 1. The number of nitrogens with zero attached hydrogens (tertiary/aromatic N) is 1. The first kappa shape index (κ1) is 22.8. The van der Waals surface area contributed by atoms with E-state index in [-0.39, 0.29) is 36.5 Å². The predicted octanol–water partition coefficient (Wildman–Crippen LogP) is 3.49. The van der Waals surface area contributed by atoms with E-state index in [0.717, 1.165) is 10.6 Å². The molecule has 8 heteroatoms. The van der Waals surface area contributed by atoms with Crippen LogP contribution in [0.25, 0.3) is 0 Å². The van der Waals surface area contributed by atoms with Crippen molar-refractivity contribution in [2.75, 3.05) is 6.54 Å². The van der Waals surface area contributed by atoms with Crippen molar-refractivity contribution in [3.05, 3.63) is 51.2 Å². The zero-order valence-electron chi connectivity index (χ0n) is 13.8. The summed E-state index contributed by atoms with van der Waals surface area (Å²) in [5.74, 6) is -0.418. The minimum absolute atomic E-state index is 0. The highest BCUT2D eigenvalue weighted by Crippen LogP contribution is 2.21. The normalized spacial score (nSPS) is 10.5. The molecule has 0 radical (unpaired) electrons. The summed E-state index contributed by atoms with van der Waals surface area (Å²) in [6.45, 7) is 5.93. The minimum atomic E-state index is -0.454. The summed E-state index contributed by atoms with van der Waals surface area (Å²) in [6.07, 6.45) is 0.583. The Morgan fingerprint density at radius 2 is 1.88 bits per heavy atom. The van der Waals surface area contributed by atoms with Crippen molar-refractivity contribution in [2.24, 2.45) is 5.73 Å². The maximum absolute atomic E-state index is 12.9. The first-order valence-electron chi connectivity index (χ1n) is 7.04. The second kappa shape index (κ2) is 9.32. The van der Waals surface area contributed by atoms with Gasteiger partial charge in [-0.2, -0.15) is 0 Å². The van der Waals surface area contributed by atoms with Gasteiger partial charge in [0.2, 0.25) is 0 Å². The summed E-state index contributed by atoms with van der Waals surface area (Å²) >= 11 is 1.36. The Hall–Kier alpha value is -1.21. The van der Waals surface area contributed by atoms with E-state index < -0.39 is 5.54 Å². The average molecular weight is 394 g/mol. The smallest absolute Gasteiger partial charge is 0.263 e. The fourth-order valence-corrected chi connectivity index (χ4v) is 2.92. The molecule has 0 saturated heterocycles. The monoisotopic (exact) mass is 393 g/mol. The van der Waals surface area contributed by atoms with Crippen LogP contribution in [0, 0.1) is 12.7 Å². The van der Waals surface area contributed by atoms with Gasteiger partial charge in [-0.15, -0.1) is 36.2 Å². The molecule has 1 amide bonds. The molecular formula is C16H22Cl2FN3OS. The van der Waals surface area contributed by atoms with Crippen LogP contribution < -0.4 is 11.1 Å². The van der Waals surface area contributed by atoms with Gasteiger partial charge in [0.15, 0.2) is 0 Å². The molecule has 0 aliphatic rings. The van der Waals surface area contributed by atoms with Crippen molar-refractivity contribution in [3.63, 3.8) is 0 Å². The zero-order chi connectivity index (χ0) is 16.3. The summed E-state index contributed by atoms with van der Waals surface area (Å²) in [5.41, 5.74) is 6.84. The molecule has 0 bridgehead atoms. The van der Waals surface area contributed by atoms with Crippen molar-refractivity contribution < 1.29 is 9.18 Å². The summed E-state index contributed by atoms with van der Waals surface area (Å²) in [4.78, 5) is 17.3. The molecule has 2 rings (SSSR count). The summed E-state index contributed by atoms with van der Waals surface area (Å²) in [5, 5.41) is 3.74. The van der Waals surface area contributed by atoms with Gasteiger partial charge in [0.25, 0.3) is 5.91 Å². The Kier molecular flexibility index (Phi) is 8.85. The second-order valence-corrected chi connectivity index (χ2v) is 6.95. The van der Waals surface area contributed by atoms with E-state index in [1.54, 1.807) is 12.1 Å². The lowest BCUT2D eigenvalue weighted by Gasteiger charge is -2.23. The molecule has 0 saturated carbocycles. The van der Waals surface area contributed by atoms with E-state index in [2.05, 4.69) is 10.3 Å². The van der Waals surface area contributed by atoms with Crippen LogP contribution in [0.15, 0.2) is 24.3 Å². The molecular weight excluding hydrogens is 372 g/mol. The van der Waals surface area contributed by atoms with Gasteiger partial charge in [0.05, 0.1) is 10.7 Å². The number of nitrogens with two attached hydrogens (primary N) is 1. The third-order valence-electron chi connectivity index (χ3n) is 3.28. The maximum Gasteiger partial charge on any atom is 0.263 e. The number of rotatable bonds is 5. The number of nitrogens with one attached hydrogen (secondary N) is 1. The Morgan fingerprint density at radius 1 is 1.29 bits per heavy atom. The Bertz CT molecular complexity index is 674. The van der Waals surface area contributed by atoms with Crippen molar-refractivity contribution in [3.8, 4) is 0 Å². The summed E-state index contributed by atoms with van der Waals surface area (Å²) in [7, 11) is 0. The molecule has 0 spiro atoms. The quantitative estimate of drug-likeness (QED) is 0.816. The molecule has 4 nitrogen and oxygen atoms in total. The molecule has 0 aliphatic heterocycles. The van der Waals surface area contributed by atoms with E-state index >= 15 is 0 Å². The van der Waals surface area contributed by atoms with Crippen LogP contribution in [-0.4, -0.2) is 23.0 Å². The largest absolute Gasteiger partial charge is 0.345 e. The third kappa shape index (κ3) is 6.02. The third-order valence-corrected chi connectivity index (χ3v) is 4.43. The van der Waals surface area contributed by atoms with E-state index in [0.29, 0.717) is 23.5 Å². The van der Waals surface area contributed by atoms with Gasteiger partial charge in [0, 0.05) is 18.5 Å². The molecule has 3 N–H and O–H groups in total. The number of hydrogen-bond donors (Lipinski definition) is 2. The average Bonchev–Trinajstić information content (AvgIpc) is 2.82. The fourth-order valence-electron chi connectivity index (χ4n) is 1.93. The summed E-state index contributed by atoms with van der Waals surface area (Å²) < 4.78 is 12.9. The molecule has 1 aromatic heterocycles. The number of amides is 1. The molecule has 0 aliphatic carbocycles. The maximum atomic E-state index is 12.9. The van der Waals surface area contributed by atoms with Gasteiger partial charge in [-0.3, -0.25) is 4.79 Å². The molecule has 1 heterocycles. The fraction of sp³-hybridized carbons (Fsp3) is 0.375. The number of aromatic nitrogens is 1. The molecule has 1 aromatic carbocycles. The molecule has 2 aromatic rings. The number of halogens is 3. The van der Waals surface area contributed by atoms with Gasteiger partial charge in [-0.05, 0) is 38.5 Å². The van der Waals surface area contributed by atoms with Crippen LogP contribution in [0.2, 0.25) is 0 Å². The van der Waals surface area contributed by atoms with Gasteiger partial charge >= 0.3 is 0 Å². The van der Waals surface area contributed by atoms with E-state index in [1.807, 2.05) is 20.8 Å². The van der Waals surface area contributed by atoms with Crippen molar-refractivity contribution in [1.29, 1.82) is 0 Å². The Balaban J connectivity index is 0.00000264. The molecule has 134 valence electrons. The summed E-state index contributed by atoms with van der Waals surface area (Å²) in [6, 6.07) is 6.30. The first-order valence-corrected chi connectivity index (χ1v) is 7.86. The second-order valence-electron chi connectivity index (χ2n) is 5.87. The van der Waals surface area contributed by atoms with Crippen molar-refractivity contribution in [2.45, 2.75) is 32.7 Å². The van der Waals surface area contributed by atoms with Crippen LogP contribution in [0.5, 0.6) is 0 Å². The number of aryl methyl sites for hydroxylation is 1. The van der Waals surface area contributed by atoms with Crippen LogP contribution in [0.1, 0.15) is 39.8 Å². The first-order chi connectivity index (χ1) is 10.3. The standard InChI is InChI=1S/C16H20FN3OS.2ClH/c1-10-14(15(21)20-16(2,3)9-18)22-13(19-10)8-11-4-6-12(17)7-5-11;;/h4-7H,8-9,18H2,1-3H3,(H,20,21);2*1H. The van der Waals surface area contributed by atoms with E-state index in [4.69, 9.17) is 5.73 Å². The van der Waals surface area contributed by atoms with Crippen LogP contribution in [-0.2, 0) is 6.42 Å². The van der Waals surface area contributed by atoms with E-state index in [9.17, 15) is 9.18 Å². The number of carbonyl (C=O) groups excluding carboxylic acids is 1. The van der Waals surface area contributed by atoms with E-state index in [1.165, 1.54) is 23.5 Å². The number of thiazole rings is 1. The predicted molar refractivity (Wildman–Crippen MR) is 101 cm³/mol. The lowest BCUT2D eigenvalue weighted by atomic mass is 10.1. The number of hydrogen-bond acceptors (Lipinski definition) is 4. The van der Waals surface area contributed by atoms with Gasteiger partial charge in [-0.25, -0.2) is 9.37 Å². The van der Waals surface area contributed by atoms with Crippen LogP contribution in [0.3, 0.4) is 0 Å². The van der Waals surface area contributed by atoms with Crippen molar-refractivity contribution >= 4 is 42.1 Å². The number of carbonyl (C=O) groups is 1. The Labute approximate surface area is 157 Å². The topological polar surface area (TPSA) is 68.0 Å². The Morgan fingerprint density at radius 3 is 2.42 bits per heavy atom. The highest BCUT2D eigenvalue weighted by atomic mass is 35.5. The minimum Gasteiger partial charge on any atom is -0.345 e. The highest BCUT2D eigenvalue weighted by molar-refractivity contribution is 7.13. The lowest BCUT2D eigenvalue weighted by molar-refractivity contribution is 0.0919. The molecule has 24 heavy (non-hydrogen) atoms. The SMILES string of the molecule is Cc1nc(Cc2ccc(F)cc2)sc1C(=O)NC(C)(C)CN.Cl.Cl. The zero-order valence-corrected chi connectivity index (χ0v) is 16.2. The molecule has 0 atom stereocenters. The molecule has 0 fully saturated rings. The molecule has 0 unspecified atom stereocenters. The van der Waals surface area contributed by atoms with Gasteiger partial charge in [-0.1, -0.05) is 12.1 Å². The lowest BCUT2D eigenvalue weighted by Crippen LogP contribution is -2.48. The highest BCUT2D eigenvalue weighted by Gasteiger charge is 2.22. The van der Waals surface area contributed by atoms with Crippen molar-refractivity contribution in [1.82, 2.24) is 10.3 Å².